The fourth-order valence-electron chi connectivity index (χ4n) is 6.67. The van der Waals surface area contributed by atoms with Gasteiger partial charge in [-0.05, 0) is 110 Å². The SMILES string of the molecule is CS(=O)(=O)c1ccc(C(=O)Oc2ccc(C(=O)O)cc2)cc1C12CC3CC(CC(C3)C1)C2. The van der Waals surface area contributed by atoms with Crippen molar-refractivity contribution in [3.8, 4) is 5.75 Å². The van der Waals surface area contributed by atoms with Gasteiger partial charge in [0.25, 0.3) is 0 Å². The highest BCUT2D eigenvalue weighted by molar-refractivity contribution is 7.90. The first kappa shape index (κ1) is 21.2. The molecule has 4 fully saturated rings. The van der Waals surface area contributed by atoms with E-state index in [9.17, 15) is 18.0 Å². The molecule has 0 heterocycles. The van der Waals surface area contributed by atoms with Gasteiger partial charge in [-0.25, -0.2) is 18.0 Å². The van der Waals surface area contributed by atoms with E-state index in [-0.39, 0.29) is 16.7 Å². The molecule has 2 aromatic carbocycles. The first-order chi connectivity index (χ1) is 15.1. The Bertz CT molecular complexity index is 1160. The number of benzene rings is 2. The maximum atomic E-state index is 12.9. The lowest BCUT2D eigenvalue weighted by Gasteiger charge is -2.57. The molecule has 6 rings (SSSR count). The van der Waals surface area contributed by atoms with E-state index in [0.29, 0.717) is 28.2 Å². The summed E-state index contributed by atoms with van der Waals surface area (Å²) in [5.74, 6) is 0.508. The molecule has 0 unspecified atom stereocenters. The summed E-state index contributed by atoms with van der Waals surface area (Å²) in [4.78, 5) is 24.2. The van der Waals surface area contributed by atoms with Crippen LogP contribution >= 0.6 is 0 Å². The van der Waals surface area contributed by atoms with Crippen molar-refractivity contribution in [2.45, 2.75) is 48.8 Å². The number of carboxylic acid groups (broad SMARTS) is 1. The van der Waals surface area contributed by atoms with E-state index < -0.39 is 21.8 Å². The first-order valence-corrected chi connectivity index (χ1v) is 12.9. The van der Waals surface area contributed by atoms with E-state index in [1.165, 1.54) is 55.9 Å². The summed E-state index contributed by atoms with van der Waals surface area (Å²) >= 11 is 0. The highest BCUT2D eigenvalue weighted by Crippen LogP contribution is 2.61. The molecule has 7 heteroatoms. The Morgan fingerprint density at radius 3 is 1.94 bits per heavy atom. The van der Waals surface area contributed by atoms with Gasteiger partial charge in [0.05, 0.1) is 16.0 Å². The number of rotatable bonds is 5. The summed E-state index contributed by atoms with van der Waals surface area (Å²) in [6.07, 6.45) is 7.89. The summed E-state index contributed by atoms with van der Waals surface area (Å²) < 4.78 is 30.7. The van der Waals surface area contributed by atoms with Gasteiger partial charge in [-0.2, -0.15) is 0 Å². The summed E-state index contributed by atoms with van der Waals surface area (Å²) in [6, 6.07) is 10.4. The van der Waals surface area contributed by atoms with Gasteiger partial charge in [0.2, 0.25) is 0 Å². The Kier molecular flexibility index (Phi) is 4.93. The van der Waals surface area contributed by atoms with Gasteiger partial charge in [0.15, 0.2) is 9.84 Å². The largest absolute Gasteiger partial charge is 0.478 e. The molecule has 4 aliphatic carbocycles. The van der Waals surface area contributed by atoms with E-state index in [1.54, 1.807) is 12.1 Å². The highest BCUT2D eigenvalue weighted by atomic mass is 32.2. The van der Waals surface area contributed by atoms with E-state index >= 15 is 0 Å². The number of ether oxygens (including phenoxy) is 1. The second-order valence-electron chi connectivity index (χ2n) is 9.90. The predicted octanol–water partition coefficient (Wildman–Crippen LogP) is 4.48. The van der Waals surface area contributed by atoms with Crippen molar-refractivity contribution in [3.63, 3.8) is 0 Å². The third kappa shape index (κ3) is 3.72. The standard InChI is InChI=1S/C25H26O6S/c1-32(29,30)22-7-4-19(24(28)31-20-5-2-18(3-6-20)23(26)27)11-21(22)25-12-15-8-16(13-25)10-17(9-15)14-25/h2-7,11,15-17H,8-10,12-14H2,1H3,(H,26,27). The van der Waals surface area contributed by atoms with Crippen molar-refractivity contribution < 1.29 is 27.9 Å². The average molecular weight is 455 g/mol. The Morgan fingerprint density at radius 1 is 0.906 bits per heavy atom. The molecule has 0 radical (unpaired) electrons. The number of aromatic carboxylic acids is 1. The Labute approximate surface area is 187 Å². The van der Waals surface area contributed by atoms with Crippen LogP contribution < -0.4 is 4.74 Å². The molecule has 168 valence electrons. The number of hydrogen-bond acceptors (Lipinski definition) is 5. The van der Waals surface area contributed by atoms with Crippen molar-refractivity contribution >= 4 is 21.8 Å². The van der Waals surface area contributed by atoms with Gasteiger partial charge >= 0.3 is 11.9 Å². The van der Waals surface area contributed by atoms with Crippen LogP contribution in [0.1, 0.15) is 64.8 Å². The van der Waals surface area contributed by atoms with Crippen molar-refractivity contribution in [3.05, 3.63) is 59.2 Å². The minimum atomic E-state index is -3.45. The molecule has 0 atom stereocenters. The zero-order valence-electron chi connectivity index (χ0n) is 17.9. The third-order valence-electron chi connectivity index (χ3n) is 7.54. The van der Waals surface area contributed by atoms with Crippen LogP contribution in [0.2, 0.25) is 0 Å². The average Bonchev–Trinajstić information content (AvgIpc) is 2.72. The summed E-state index contributed by atoms with van der Waals surface area (Å²) in [7, 11) is -3.45. The van der Waals surface area contributed by atoms with E-state index in [2.05, 4.69) is 0 Å². The second-order valence-corrected chi connectivity index (χ2v) is 11.9. The van der Waals surface area contributed by atoms with Crippen LogP contribution in [0.25, 0.3) is 0 Å². The van der Waals surface area contributed by atoms with Crippen LogP contribution in [0.5, 0.6) is 5.75 Å². The Hall–Kier alpha value is -2.67. The molecule has 0 aliphatic heterocycles. The zero-order chi connectivity index (χ0) is 22.7. The van der Waals surface area contributed by atoms with Gasteiger partial charge < -0.3 is 9.84 Å². The van der Waals surface area contributed by atoms with E-state index in [0.717, 1.165) is 24.8 Å². The minimum absolute atomic E-state index is 0.103. The summed E-state index contributed by atoms with van der Waals surface area (Å²) in [6.45, 7) is 0. The quantitative estimate of drug-likeness (QED) is 0.529. The lowest BCUT2D eigenvalue weighted by Crippen LogP contribution is -2.49. The van der Waals surface area contributed by atoms with Gasteiger partial charge in [0, 0.05) is 6.26 Å². The zero-order valence-corrected chi connectivity index (χ0v) is 18.7. The van der Waals surface area contributed by atoms with Crippen LogP contribution in [-0.4, -0.2) is 31.7 Å². The maximum absolute atomic E-state index is 12.9. The van der Waals surface area contributed by atoms with Crippen molar-refractivity contribution in [2.75, 3.05) is 6.26 Å². The fourth-order valence-corrected chi connectivity index (χ4v) is 7.66. The molecule has 4 aliphatic rings. The maximum Gasteiger partial charge on any atom is 0.343 e. The first-order valence-electron chi connectivity index (χ1n) is 11.0. The Morgan fingerprint density at radius 2 is 1.44 bits per heavy atom. The smallest absolute Gasteiger partial charge is 0.343 e. The number of hydrogen-bond donors (Lipinski definition) is 1. The van der Waals surface area contributed by atoms with Gasteiger partial charge in [-0.1, -0.05) is 0 Å². The Balaban J connectivity index is 1.50. The highest BCUT2D eigenvalue weighted by Gasteiger charge is 2.52. The number of esters is 1. The normalized spacial score (nSPS) is 28.5. The monoisotopic (exact) mass is 454 g/mol. The second kappa shape index (κ2) is 7.44. The van der Waals surface area contributed by atoms with Gasteiger partial charge in [-0.15, -0.1) is 0 Å². The molecule has 6 nitrogen and oxygen atoms in total. The lowest BCUT2D eigenvalue weighted by atomic mass is 9.48. The lowest BCUT2D eigenvalue weighted by molar-refractivity contribution is -0.00650. The molecular weight excluding hydrogens is 428 g/mol. The molecule has 0 amide bonds. The molecule has 0 aromatic heterocycles. The topological polar surface area (TPSA) is 97.7 Å². The van der Waals surface area contributed by atoms with Crippen molar-refractivity contribution in [1.82, 2.24) is 0 Å². The molecule has 2 aromatic rings. The molecular formula is C25H26O6S. The van der Waals surface area contributed by atoms with Crippen molar-refractivity contribution in [2.24, 2.45) is 17.8 Å². The van der Waals surface area contributed by atoms with Crippen LogP contribution in [0.4, 0.5) is 0 Å². The molecule has 0 spiro atoms. The molecule has 4 saturated carbocycles. The van der Waals surface area contributed by atoms with E-state index in [4.69, 9.17) is 9.84 Å². The van der Waals surface area contributed by atoms with Crippen LogP contribution in [0.3, 0.4) is 0 Å². The van der Waals surface area contributed by atoms with E-state index in [1.807, 2.05) is 0 Å². The van der Waals surface area contributed by atoms with Crippen LogP contribution in [-0.2, 0) is 15.3 Å². The number of carbonyl (C=O) groups excluding carboxylic acids is 1. The minimum Gasteiger partial charge on any atom is -0.478 e. The van der Waals surface area contributed by atoms with Crippen molar-refractivity contribution in [1.29, 1.82) is 0 Å². The van der Waals surface area contributed by atoms with Crippen LogP contribution in [0.15, 0.2) is 47.4 Å². The van der Waals surface area contributed by atoms with Gasteiger partial charge in [0.1, 0.15) is 5.75 Å². The summed E-state index contributed by atoms with van der Waals surface area (Å²) in [5, 5.41) is 9.02. The number of carboxylic acids is 1. The number of sulfone groups is 1. The number of carbonyl (C=O) groups is 2. The molecule has 0 saturated heterocycles. The molecule has 32 heavy (non-hydrogen) atoms. The van der Waals surface area contributed by atoms with Gasteiger partial charge in [-0.3, -0.25) is 0 Å². The van der Waals surface area contributed by atoms with Crippen LogP contribution in [0, 0.1) is 17.8 Å². The predicted molar refractivity (Wildman–Crippen MR) is 118 cm³/mol. The fraction of sp³-hybridized carbons (Fsp3) is 0.440. The molecule has 1 N–H and O–H groups in total. The third-order valence-corrected chi connectivity index (χ3v) is 8.69. The summed E-state index contributed by atoms with van der Waals surface area (Å²) in [5.41, 5.74) is 0.999. The molecule has 4 bridgehead atoms.